The minimum atomic E-state index is -0.589. The summed E-state index contributed by atoms with van der Waals surface area (Å²) in [5.74, 6) is 0.333. The van der Waals surface area contributed by atoms with Crippen LogP contribution in [-0.2, 0) is 0 Å². The zero-order valence-electron chi connectivity index (χ0n) is 10.2. The maximum Gasteiger partial charge on any atom is 0.333 e. The van der Waals surface area contributed by atoms with Crippen LogP contribution in [0.4, 0.5) is 17.3 Å². The number of nitrogens with two attached hydrogens (primary N) is 2. The third kappa shape index (κ3) is 2.88. The van der Waals surface area contributed by atoms with Crippen LogP contribution < -0.4 is 16.8 Å². The van der Waals surface area contributed by atoms with Crippen molar-refractivity contribution in [3.05, 3.63) is 22.4 Å². The predicted octanol–water partition coefficient (Wildman–Crippen LogP) is 0.172. The van der Waals surface area contributed by atoms with E-state index in [2.05, 4.69) is 15.4 Å². The molecule has 1 aliphatic heterocycles. The van der Waals surface area contributed by atoms with Crippen molar-refractivity contribution in [3.63, 3.8) is 0 Å². The maximum atomic E-state index is 10.5. The lowest BCUT2D eigenvalue weighted by Gasteiger charge is -1.98. The average Bonchev–Trinajstić information content (AvgIpc) is 3.00. The van der Waals surface area contributed by atoms with Crippen LogP contribution in [0.3, 0.4) is 0 Å². The number of hydrogen-bond donors (Lipinski definition) is 3. The highest BCUT2D eigenvalue weighted by Crippen LogP contribution is 2.20. The van der Waals surface area contributed by atoms with Gasteiger partial charge in [-0.15, -0.1) is 0 Å². The number of rotatable bonds is 1. The minimum absolute atomic E-state index is 0.0486. The monoisotopic (exact) mass is 265 g/mol. The molecule has 2 aromatic rings. The summed E-state index contributed by atoms with van der Waals surface area (Å²) < 4.78 is 1.16. The van der Waals surface area contributed by atoms with E-state index in [1.165, 1.54) is 32.0 Å². The quantitative estimate of drug-likeness (QED) is 0.493. The molecule has 19 heavy (non-hydrogen) atoms. The minimum Gasteiger partial charge on any atom is -0.384 e. The van der Waals surface area contributed by atoms with Crippen LogP contribution in [0.2, 0.25) is 0 Å². The van der Waals surface area contributed by atoms with Gasteiger partial charge in [0.2, 0.25) is 5.65 Å². The number of nitro groups is 1. The van der Waals surface area contributed by atoms with Crippen LogP contribution in [0.1, 0.15) is 12.8 Å². The van der Waals surface area contributed by atoms with Crippen molar-refractivity contribution in [2.24, 2.45) is 0 Å². The molecule has 2 aromatic heterocycles. The first-order chi connectivity index (χ1) is 9.09. The Kier molecular flexibility index (Phi) is 3.76. The zero-order chi connectivity index (χ0) is 13.8. The van der Waals surface area contributed by atoms with E-state index in [-0.39, 0.29) is 23.0 Å². The number of nitrogen functional groups attached to an aromatic ring is 2. The molecular formula is C10H15N7O2. The summed E-state index contributed by atoms with van der Waals surface area (Å²) in [5, 5.41) is 17.5. The molecule has 0 spiro atoms. The topological polar surface area (TPSA) is 137 Å². The van der Waals surface area contributed by atoms with Gasteiger partial charge >= 0.3 is 5.69 Å². The van der Waals surface area contributed by atoms with Gasteiger partial charge in [0.1, 0.15) is 17.8 Å². The molecule has 102 valence electrons. The molecule has 1 fully saturated rings. The first-order valence-electron chi connectivity index (χ1n) is 5.84. The number of nitrogens with zero attached hydrogens (tertiary/aromatic N) is 4. The molecule has 0 aromatic carbocycles. The van der Waals surface area contributed by atoms with Crippen molar-refractivity contribution in [3.8, 4) is 0 Å². The van der Waals surface area contributed by atoms with E-state index < -0.39 is 4.92 Å². The highest BCUT2D eigenvalue weighted by atomic mass is 16.6. The Hall–Kier alpha value is -2.42. The van der Waals surface area contributed by atoms with Crippen molar-refractivity contribution >= 4 is 23.0 Å². The van der Waals surface area contributed by atoms with E-state index in [1.807, 2.05) is 0 Å². The third-order valence-corrected chi connectivity index (χ3v) is 2.65. The first-order valence-corrected chi connectivity index (χ1v) is 5.84. The van der Waals surface area contributed by atoms with Gasteiger partial charge in [-0.25, -0.2) is 4.98 Å². The van der Waals surface area contributed by atoms with Crippen molar-refractivity contribution < 1.29 is 4.92 Å². The van der Waals surface area contributed by atoms with Crippen LogP contribution in [0.5, 0.6) is 0 Å². The molecule has 0 aliphatic carbocycles. The fraction of sp³-hybridized carbons (Fsp3) is 0.400. The number of nitrogens with one attached hydrogen (secondary N) is 1. The van der Waals surface area contributed by atoms with Crippen LogP contribution in [0.25, 0.3) is 5.65 Å². The molecule has 0 bridgehead atoms. The molecule has 5 N–H and O–H groups in total. The van der Waals surface area contributed by atoms with E-state index in [1.54, 1.807) is 0 Å². The van der Waals surface area contributed by atoms with Crippen LogP contribution in [0, 0.1) is 10.1 Å². The van der Waals surface area contributed by atoms with E-state index in [4.69, 9.17) is 11.5 Å². The van der Waals surface area contributed by atoms with Gasteiger partial charge in [0, 0.05) is 6.07 Å². The second-order valence-corrected chi connectivity index (χ2v) is 4.09. The molecule has 0 radical (unpaired) electrons. The summed E-state index contributed by atoms with van der Waals surface area (Å²) in [6.07, 6.45) is 3.86. The molecule has 1 aliphatic rings. The third-order valence-electron chi connectivity index (χ3n) is 2.65. The van der Waals surface area contributed by atoms with E-state index in [0.717, 1.165) is 10.7 Å². The van der Waals surface area contributed by atoms with E-state index in [0.29, 0.717) is 0 Å². The van der Waals surface area contributed by atoms with Gasteiger partial charge in [0.25, 0.3) is 0 Å². The summed E-state index contributed by atoms with van der Waals surface area (Å²) >= 11 is 0. The van der Waals surface area contributed by atoms with Crippen molar-refractivity contribution in [2.45, 2.75) is 12.8 Å². The molecule has 3 rings (SSSR count). The Balaban J connectivity index is 0.000000224. The molecule has 0 atom stereocenters. The van der Waals surface area contributed by atoms with Gasteiger partial charge in [0.05, 0.1) is 4.92 Å². The molecule has 0 saturated carbocycles. The molecule has 1 saturated heterocycles. The molecular weight excluding hydrogens is 250 g/mol. The van der Waals surface area contributed by atoms with E-state index in [9.17, 15) is 10.1 Å². The summed E-state index contributed by atoms with van der Waals surface area (Å²) in [7, 11) is 0. The Morgan fingerprint density at radius 1 is 1.37 bits per heavy atom. The smallest absolute Gasteiger partial charge is 0.333 e. The lowest BCUT2D eigenvalue weighted by atomic mass is 10.4. The standard InChI is InChI=1S/C6H6N6O2.C4H9N/c7-4-1-5(8)11-6(10-4)3(2-9-11)12(13)14;1-2-4-5-3-1/h1-2H,8H2,(H2,7,10);5H,1-4H2. The maximum absolute atomic E-state index is 10.5. The number of hydrogen-bond acceptors (Lipinski definition) is 7. The van der Waals surface area contributed by atoms with E-state index >= 15 is 0 Å². The Morgan fingerprint density at radius 2 is 2.05 bits per heavy atom. The molecule has 0 unspecified atom stereocenters. The SMILES string of the molecule is C1CCNC1.Nc1cc(N)n2ncc([N+](=O)[O-])c2n1. The van der Waals surface area contributed by atoms with Crippen LogP contribution in [-0.4, -0.2) is 32.6 Å². The highest BCUT2D eigenvalue weighted by molar-refractivity contribution is 5.64. The summed E-state index contributed by atoms with van der Waals surface area (Å²) in [4.78, 5) is 13.7. The van der Waals surface area contributed by atoms with Crippen molar-refractivity contribution in [1.29, 1.82) is 0 Å². The molecule has 0 amide bonds. The largest absolute Gasteiger partial charge is 0.384 e. The first kappa shape index (κ1) is 13.0. The van der Waals surface area contributed by atoms with Crippen LogP contribution >= 0.6 is 0 Å². The van der Waals surface area contributed by atoms with Gasteiger partial charge in [0.15, 0.2) is 0 Å². The zero-order valence-corrected chi connectivity index (χ0v) is 10.2. The summed E-state index contributed by atoms with van der Waals surface area (Å²) in [6, 6.07) is 1.38. The summed E-state index contributed by atoms with van der Waals surface area (Å²) in [5.41, 5.74) is 10.8. The van der Waals surface area contributed by atoms with Gasteiger partial charge in [-0.2, -0.15) is 9.61 Å². The Morgan fingerprint density at radius 3 is 2.58 bits per heavy atom. The second kappa shape index (κ2) is 5.48. The Bertz CT molecular complexity index is 583. The second-order valence-electron chi connectivity index (χ2n) is 4.09. The van der Waals surface area contributed by atoms with Gasteiger partial charge in [-0.3, -0.25) is 10.1 Å². The highest BCUT2D eigenvalue weighted by Gasteiger charge is 2.17. The van der Waals surface area contributed by atoms with Gasteiger partial charge in [-0.1, -0.05) is 0 Å². The number of aromatic nitrogens is 3. The fourth-order valence-corrected chi connectivity index (χ4v) is 1.75. The van der Waals surface area contributed by atoms with Crippen molar-refractivity contribution in [1.82, 2.24) is 19.9 Å². The lowest BCUT2D eigenvalue weighted by molar-refractivity contribution is -0.383. The molecule has 9 heteroatoms. The van der Waals surface area contributed by atoms with Gasteiger partial charge < -0.3 is 16.8 Å². The average molecular weight is 265 g/mol. The number of fused-ring (bicyclic) bond motifs is 1. The number of anilines is 2. The fourth-order valence-electron chi connectivity index (χ4n) is 1.75. The molecule has 3 heterocycles. The lowest BCUT2D eigenvalue weighted by Crippen LogP contribution is -2.03. The summed E-state index contributed by atoms with van der Waals surface area (Å²) in [6.45, 7) is 2.50. The normalized spacial score (nSPS) is 14.1. The Labute approximate surface area is 108 Å². The van der Waals surface area contributed by atoms with Crippen molar-refractivity contribution in [2.75, 3.05) is 24.6 Å². The van der Waals surface area contributed by atoms with Gasteiger partial charge in [-0.05, 0) is 25.9 Å². The molecule has 9 nitrogen and oxygen atoms in total. The van der Waals surface area contributed by atoms with Crippen LogP contribution in [0.15, 0.2) is 12.3 Å². The predicted molar refractivity (Wildman–Crippen MR) is 70.6 cm³/mol.